The van der Waals surface area contributed by atoms with Crippen LogP contribution in [0.25, 0.3) is 0 Å². The molecule has 1 aliphatic heterocycles. The van der Waals surface area contributed by atoms with Crippen LogP contribution in [0.4, 0.5) is 5.82 Å². The molecule has 0 aromatic carbocycles. The summed E-state index contributed by atoms with van der Waals surface area (Å²) in [6.45, 7) is 8.13. The second-order valence-electron chi connectivity index (χ2n) is 5.81. The van der Waals surface area contributed by atoms with Crippen molar-refractivity contribution in [2.24, 2.45) is 4.99 Å². The van der Waals surface area contributed by atoms with Crippen LogP contribution >= 0.6 is 11.8 Å². The van der Waals surface area contributed by atoms with Gasteiger partial charge in [0.15, 0.2) is 0 Å². The van der Waals surface area contributed by atoms with Gasteiger partial charge >= 0.3 is 0 Å². The molecule has 1 aromatic heterocycles. The molecule has 4 nitrogen and oxygen atoms in total. The SMILES string of the molecule is Cc1cc(C)nc(NC(=O)CC2=NC(C)(C)CCS2)c1. The fraction of sp³-hybridized carbons (Fsp3) is 0.533. The van der Waals surface area contributed by atoms with Crippen molar-refractivity contribution in [2.75, 3.05) is 11.1 Å². The molecule has 0 saturated carbocycles. The third-order valence-corrected chi connectivity index (χ3v) is 4.06. The van der Waals surface area contributed by atoms with Crippen molar-refractivity contribution in [3.8, 4) is 0 Å². The minimum absolute atomic E-state index is 0.0426. The van der Waals surface area contributed by atoms with Crippen LogP contribution in [0, 0.1) is 13.8 Å². The molecule has 0 bridgehead atoms. The summed E-state index contributed by atoms with van der Waals surface area (Å²) in [5.74, 6) is 1.60. The van der Waals surface area contributed by atoms with Gasteiger partial charge in [-0.1, -0.05) is 0 Å². The van der Waals surface area contributed by atoms with Crippen molar-refractivity contribution < 1.29 is 4.79 Å². The number of nitrogens with zero attached hydrogens (tertiary/aromatic N) is 2. The van der Waals surface area contributed by atoms with E-state index in [1.54, 1.807) is 11.8 Å². The van der Waals surface area contributed by atoms with E-state index in [0.717, 1.165) is 28.5 Å². The average Bonchev–Trinajstić information content (AvgIpc) is 2.25. The van der Waals surface area contributed by atoms with Gasteiger partial charge in [-0.2, -0.15) is 0 Å². The first-order chi connectivity index (χ1) is 9.34. The van der Waals surface area contributed by atoms with Crippen molar-refractivity contribution in [3.63, 3.8) is 0 Å². The number of aliphatic imine (C=N–C) groups is 1. The maximum atomic E-state index is 12.1. The predicted molar refractivity (Wildman–Crippen MR) is 85.5 cm³/mol. The molecule has 0 unspecified atom stereocenters. The topological polar surface area (TPSA) is 54.4 Å². The molecule has 1 aliphatic rings. The minimum atomic E-state index is -0.0496. The van der Waals surface area contributed by atoms with E-state index in [4.69, 9.17) is 0 Å². The number of hydrogen-bond donors (Lipinski definition) is 1. The Kier molecular flexibility index (Phi) is 4.48. The summed E-state index contributed by atoms with van der Waals surface area (Å²) in [5.41, 5.74) is 1.96. The van der Waals surface area contributed by atoms with Gasteiger partial charge in [-0.05, 0) is 51.8 Å². The molecule has 1 amide bonds. The van der Waals surface area contributed by atoms with Crippen LogP contribution in [-0.4, -0.2) is 27.2 Å². The Labute approximate surface area is 124 Å². The Balaban J connectivity index is 2.01. The highest BCUT2D eigenvalue weighted by Crippen LogP contribution is 2.27. The summed E-state index contributed by atoms with van der Waals surface area (Å²) in [7, 11) is 0. The summed E-state index contributed by atoms with van der Waals surface area (Å²) in [4.78, 5) is 21.0. The number of carbonyl (C=O) groups excluding carboxylic acids is 1. The first kappa shape index (κ1) is 15.0. The summed E-state index contributed by atoms with van der Waals surface area (Å²) < 4.78 is 0. The Morgan fingerprint density at radius 3 is 2.80 bits per heavy atom. The molecular formula is C15H21N3OS. The smallest absolute Gasteiger partial charge is 0.232 e. The first-order valence-corrected chi connectivity index (χ1v) is 7.79. The second-order valence-corrected chi connectivity index (χ2v) is 6.98. The lowest BCUT2D eigenvalue weighted by atomic mass is 10.0. The standard InChI is InChI=1S/C15H21N3OS/c1-10-7-11(2)16-12(8-10)17-13(19)9-14-18-15(3,4)5-6-20-14/h7-8H,5-6,9H2,1-4H3,(H,16,17,19). The molecule has 0 fully saturated rings. The number of hydrogen-bond acceptors (Lipinski definition) is 4. The Morgan fingerprint density at radius 2 is 2.15 bits per heavy atom. The Hall–Kier alpha value is -1.36. The number of amides is 1. The summed E-state index contributed by atoms with van der Waals surface area (Å²) in [6.07, 6.45) is 1.39. The molecule has 5 heteroatoms. The lowest BCUT2D eigenvalue weighted by Gasteiger charge is -2.25. The molecule has 0 atom stereocenters. The maximum Gasteiger partial charge on any atom is 0.232 e. The molecule has 0 radical (unpaired) electrons. The van der Waals surface area contributed by atoms with Gasteiger partial charge in [-0.15, -0.1) is 11.8 Å². The van der Waals surface area contributed by atoms with Gasteiger partial charge in [0.05, 0.1) is 17.0 Å². The zero-order valence-corrected chi connectivity index (χ0v) is 13.3. The van der Waals surface area contributed by atoms with Crippen LogP contribution < -0.4 is 5.32 Å². The monoisotopic (exact) mass is 291 g/mol. The molecule has 0 saturated heterocycles. The lowest BCUT2D eigenvalue weighted by Crippen LogP contribution is -2.26. The number of aromatic nitrogens is 1. The van der Waals surface area contributed by atoms with Crippen LogP contribution in [0.5, 0.6) is 0 Å². The second kappa shape index (κ2) is 5.95. The van der Waals surface area contributed by atoms with E-state index in [1.807, 2.05) is 26.0 Å². The van der Waals surface area contributed by atoms with Gasteiger partial charge in [-0.3, -0.25) is 9.79 Å². The van der Waals surface area contributed by atoms with Crippen LogP contribution in [0.15, 0.2) is 17.1 Å². The third kappa shape index (κ3) is 4.34. The van der Waals surface area contributed by atoms with E-state index < -0.39 is 0 Å². The number of rotatable bonds is 3. The largest absolute Gasteiger partial charge is 0.310 e. The normalized spacial score (nSPS) is 17.5. The highest BCUT2D eigenvalue weighted by molar-refractivity contribution is 8.14. The molecule has 0 spiro atoms. The Bertz CT molecular complexity index is 532. The van der Waals surface area contributed by atoms with Crippen LogP contribution in [0.1, 0.15) is 37.9 Å². The van der Waals surface area contributed by atoms with Gasteiger partial charge in [0.25, 0.3) is 0 Å². The van der Waals surface area contributed by atoms with Gasteiger partial charge in [0.2, 0.25) is 5.91 Å². The number of thioether (sulfide) groups is 1. The molecule has 1 aromatic rings. The van der Waals surface area contributed by atoms with E-state index in [-0.39, 0.29) is 11.4 Å². The number of pyridine rings is 1. The zero-order chi connectivity index (χ0) is 14.8. The molecule has 2 rings (SSSR count). The fourth-order valence-corrected chi connectivity index (χ4v) is 3.55. The zero-order valence-electron chi connectivity index (χ0n) is 12.5. The van der Waals surface area contributed by atoms with Crippen molar-refractivity contribution in [1.82, 2.24) is 4.98 Å². The Morgan fingerprint density at radius 1 is 1.40 bits per heavy atom. The van der Waals surface area contributed by atoms with E-state index in [9.17, 15) is 4.79 Å². The summed E-state index contributed by atoms with van der Waals surface area (Å²) in [6, 6.07) is 3.86. The number of anilines is 1. The number of aryl methyl sites for hydroxylation is 2. The van der Waals surface area contributed by atoms with Crippen molar-refractivity contribution >= 4 is 28.5 Å². The highest BCUT2D eigenvalue weighted by Gasteiger charge is 2.23. The highest BCUT2D eigenvalue weighted by atomic mass is 32.2. The lowest BCUT2D eigenvalue weighted by molar-refractivity contribution is -0.115. The van der Waals surface area contributed by atoms with Crippen LogP contribution in [0.2, 0.25) is 0 Å². The van der Waals surface area contributed by atoms with Gasteiger partial charge in [-0.25, -0.2) is 4.98 Å². The third-order valence-electron chi connectivity index (χ3n) is 3.09. The van der Waals surface area contributed by atoms with E-state index in [1.165, 1.54) is 0 Å². The quantitative estimate of drug-likeness (QED) is 0.929. The van der Waals surface area contributed by atoms with Crippen LogP contribution in [0.3, 0.4) is 0 Å². The summed E-state index contributed by atoms with van der Waals surface area (Å²) >= 11 is 1.68. The average molecular weight is 291 g/mol. The van der Waals surface area contributed by atoms with Gasteiger partial charge < -0.3 is 5.32 Å². The molecule has 20 heavy (non-hydrogen) atoms. The van der Waals surface area contributed by atoms with E-state index >= 15 is 0 Å². The molecule has 0 aliphatic carbocycles. The molecule has 1 N–H and O–H groups in total. The molecule has 108 valence electrons. The summed E-state index contributed by atoms with van der Waals surface area (Å²) in [5, 5.41) is 3.77. The van der Waals surface area contributed by atoms with Crippen molar-refractivity contribution in [2.45, 2.75) is 46.1 Å². The first-order valence-electron chi connectivity index (χ1n) is 6.81. The fourth-order valence-electron chi connectivity index (χ4n) is 2.16. The number of nitrogens with one attached hydrogen (secondary N) is 1. The number of carbonyl (C=O) groups is 1. The maximum absolute atomic E-state index is 12.1. The predicted octanol–water partition coefficient (Wildman–Crippen LogP) is 3.34. The van der Waals surface area contributed by atoms with Gasteiger partial charge in [0, 0.05) is 11.4 Å². The van der Waals surface area contributed by atoms with Gasteiger partial charge in [0.1, 0.15) is 5.82 Å². The van der Waals surface area contributed by atoms with Crippen LogP contribution in [-0.2, 0) is 4.79 Å². The van der Waals surface area contributed by atoms with Crippen molar-refractivity contribution in [1.29, 1.82) is 0 Å². The van der Waals surface area contributed by atoms with Crippen molar-refractivity contribution in [3.05, 3.63) is 23.4 Å². The molecular weight excluding hydrogens is 270 g/mol. The minimum Gasteiger partial charge on any atom is -0.310 e. The van der Waals surface area contributed by atoms with E-state index in [0.29, 0.717) is 12.2 Å². The van der Waals surface area contributed by atoms with E-state index in [2.05, 4.69) is 29.1 Å². The molecule has 2 heterocycles.